The number of hydrogen-bond donors (Lipinski definition) is 0. The minimum atomic E-state index is -0.139. The maximum absolute atomic E-state index is 13.4. The van der Waals surface area contributed by atoms with E-state index in [0.717, 1.165) is 27.1 Å². The van der Waals surface area contributed by atoms with Crippen LogP contribution in [0.3, 0.4) is 0 Å². The van der Waals surface area contributed by atoms with Crippen LogP contribution < -0.4 is 9.47 Å². The van der Waals surface area contributed by atoms with Crippen LogP contribution in [0.15, 0.2) is 58.4 Å². The van der Waals surface area contributed by atoms with Crippen molar-refractivity contribution in [1.29, 1.82) is 0 Å². The molecular formula is C22H20BrNO3S. The third-order valence-electron chi connectivity index (χ3n) is 5.04. The summed E-state index contributed by atoms with van der Waals surface area (Å²) in [6.07, 6.45) is 0.778. The van der Waals surface area contributed by atoms with Gasteiger partial charge in [0.1, 0.15) is 0 Å². The summed E-state index contributed by atoms with van der Waals surface area (Å²) in [4.78, 5) is 16.5. The van der Waals surface area contributed by atoms with Crippen LogP contribution in [0.5, 0.6) is 11.5 Å². The van der Waals surface area contributed by atoms with E-state index in [2.05, 4.69) is 22.0 Å². The molecule has 0 aliphatic carbocycles. The van der Waals surface area contributed by atoms with Crippen molar-refractivity contribution in [3.05, 3.63) is 80.0 Å². The number of carbonyl (C=O) groups excluding carboxylic acids is 1. The van der Waals surface area contributed by atoms with E-state index in [1.165, 1.54) is 5.56 Å². The largest absolute Gasteiger partial charge is 0.493 e. The molecule has 0 N–H and O–H groups in total. The standard InChI is InChI=1S/C22H20BrNO3S/c1-26-18-12-15-9-10-24(22(25)14-5-7-16(23)8-6-14)21(20-4-3-11-28-20)17(15)13-19(18)27-2/h3-8,11-13,21H,9-10H2,1-2H3. The van der Waals surface area contributed by atoms with Crippen molar-refractivity contribution >= 4 is 33.2 Å². The topological polar surface area (TPSA) is 38.8 Å². The molecule has 6 heteroatoms. The number of amides is 1. The Morgan fingerprint density at radius 2 is 1.82 bits per heavy atom. The summed E-state index contributed by atoms with van der Waals surface area (Å²) in [5.41, 5.74) is 2.97. The van der Waals surface area contributed by atoms with Crippen LogP contribution >= 0.6 is 27.3 Å². The number of hydrogen-bond acceptors (Lipinski definition) is 4. The summed E-state index contributed by atoms with van der Waals surface area (Å²) >= 11 is 5.10. The zero-order valence-corrected chi connectivity index (χ0v) is 18.0. The van der Waals surface area contributed by atoms with Gasteiger partial charge in [0.25, 0.3) is 5.91 Å². The van der Waals surface area contributed by atoms with Crippen molar-refractivity contribution in [2.45, 2.75) is 12.5 Å². The second kappa shape index (κ2) is 7.97. The number of rotatable bonds is 4. The fraction of sp³-hybridized carbons (Fsp3) is 0.227. The lowest BCUT2D eigenvalue weighted by molar-refractivity contribution is 0.0697. The highest BCUT2D eigenvalue weighted by Crippen LogP contribution is 2.42. The van der Waals surface area contributed by atoms with E-state index >= 15 is 0 Å². The number of carbonyl (C=O) groups is 1. The number of methoxy groups -OCH3 is 2. The number of nitrogens with zero attached hydrogens (tertiary/aromatic N) is 1. The molecule has 1 atom stereocenters. The van der Waals surface area contributed by atoms with Gasteiger partial charge < -0.3 is 14.4 Å². The zero-order valence-electron chi connectivity index (χ0n) is 15.6. The molecule has 144 valence electrons. The van der Waals surface area contributed by atoms with Gasteiger partial charge in [0.2, 0.25) is 0 Å². The SMILES string of the molecule is COc1cc2c(cc1OC)C(c1cccs1)N(C(=O)c1ccc(Br)cc1)CC2. The Labute approximate surface area is 176 Å². The van der Waals surface area contributed by atoms with Gasteiger partial charge in [0, 0.05) is 21.5 Å². The van der Waals surface area contributed by atoms with Crippen molar-refractivity contribution < 1.29 is 14.3 Å². The average molecular weight is 458 g/mol. The maximum Gasteiger partial charge on any atom is 0.254 e. The lowest BCUT2D eigenvalue weighted by Crippen LogP contribution is -2.40. The highest BCUT2D eigenvalue weighted by atomic mass is 79.9. The summed E-state index contributed by atoms with van der Waals surface area (Å²) in [5, 5.41) is 2.05. The summed E-state index contributed by atoms with van der Waals surface area (Å²) in [7, 11) is 3.28. The summed E-state index contributed by atoms with van der Waals surface area (Å²) in [5.74, 6) is 1.44. The van der Waals surface area contributed by atoms with Crippen LogP contribution in [0.25, 0.3) is 0 Å². The second-order valence-corrected chi connectivity index (χ2v) is 8.47. The molecule has 2 aromatic carbocycles. The Kier molecular flexibility index (Phi) is 5.42. The zero-order chi connectivity index (χ0) is 19.7. The number of halogens is 1. The van der Waals surface area contributed by atoms with Crippen LogP contribution in [0.2, 0.25) is 0 Å². The fourth-order valence-corrected chi connectivity index (χ4v) is 4.80. The van der Waals surface area contributed by atoms with E-state index < -0.39 is 0 Å². The van der Waals surface area contributed by atoms with Crippen molar-refractivity contribution in [2.75, 3.05) is 20.8 Å². The Morgan fingerprint density at radius 3 is 2.46 bits per heavy atom. The smallest absolute Gasteiger partial charge is 0.254 e. The van der Waals surface area contributed by atoms with Gasteiger partial charge in [0.05, 0.1) is 20.3 Å². The molecule has 0 fully saturated rings. The first-order chi connectivity index (χ1) is 13.6. The molecule has 0 saturated heterocycles. The summed E-state index contributed by atoms with van der Waals surface area (Å²) in [6.45, 7) is 0.653. The van der Waals surface area contributed by atoms with Gasteiger partial charge in [-0.2, -0.15) is 0 Å². The summed E-state index contributed by atoms with van der Waals surface area (Å²) in [6, 6.07) is 15.6. The number of ether oxygens (including phenoxy) is 2. The van der Waals surface area contributed by atoms with Crippen molar-refractivity contribution in [2.24, 2.45) is 0 Å². The van der Waals surface area contributed by atoms with Crippen molar-refractivity contribution in [3.8, 4) is 11.5 Å². The van der Waals surface area contributed by atoms with Crippen LogP contribution in [-0.4, -0.2) is 31.6 Å². The number of fused-ring (bicyclic) bond motifs is 1. The molecule has 4 nitrogen and oxygen atoms in total. The number of benzene rings is 2. The molecule has 1 aliphatic heterocycles. The Bertz CT molecular complexity index is 986. The van der Waals surface area contributed by atoms with Crippen molar-refractivity contribution in [3.63, 3.8) is 0 Å². The fourth-order valence-electron chi connectivity index (χ4n) is 3.68. The maximum atomic E-state index is 13.4. The molecule has 0 spiro atoms. The lowest BCUT2D eigenvalue weighted by atomic mass is 9.90. The molecular weight excluding hydrogens is 438 g/mol. The van der Waals surface area contributed by atoms with E-state index in [1.54, 1.807) is 25.6 Å². The predicted octanol–water partition coefficient (Wildman–Crippen LogP) is 5.32. The second-order valence-electron chi connectivity index (χ2n) is 6.58. The van der Waals surface area contributed by atoms with Crippen LogP contribution in [-0.2, 0) is 6.42 Å². The van der Waals surface area contributed by atoms with Crippen LogP contribution in [0.1, 0.15) is 32.4 Å². The molecule has 28 heavy (non-hydrogen) atoms. The quantitative estimate of drug-likeness (QED) is 0.532. The van der Waals surface area contributed by atoms with Gasteiger partial charge in [-0.05, 0) is 65.4 Å². The van der Waals surface area contributed by atoms with Gasteiger partial charge >= 0.3 is 0 Å². The van der Waals surface area contributed by atoms with E-state index in [0.29, 0.717) is 17.9 Å². The minimum absolute atomic E-state index is 0.0336. The third kappa shape index (κ3) is 3.42. The van der Waals surface area contributed by atoms with Crippen molar-refractivity contribution in [1.82, 2.24) is 4.90 Å². The molecule has 0 bridgehead atoms. The van der Waals surface area contributed by atoms with Crippen LogP contribution in [0.4, 0.5) is 0 Å². The highest BCUT2D eigenvalue weighted by Gasteiger charge is 2.34. The van der Waals surface area contributed by atoms with E-state index in [9.17, 15) is 4.79 Å². The number of thiophene rings is 1. The predicted molar refractivity (Wildman–Crippen MR) is 115 cm³/mol. The molecule has 0 radical (unpaired) electrons. The molecule has 1 amide bonds. The van der Waals surface area contributed by atoms with Crippen LogP contribution in [0, 0.1) is 0 Å². The molecule has 0 saturated carbocycles. The molecule has 4 rings (SSSR count). The highest BCUT2D eigenvalue weighted by molar-refractivity contribution is 9.10. The first-order valence-corrected chi connectivity index (χ1v) is 10.6. The monoisotopic (exact) mass is 457 g/mol. The minimum Gasteiger partial charge on any atom is -0.493 e. The summed E-state index contributed by atoms with van der Waals surface area (Å²) < 4.78 is 12.0. The molecule has 1 unspecified atom stereocenters. The first kappa shape index (κ1) is 19.0. The Morgan fingerprint density at radius 1 is 1.11 bits per heavy atom. The van der Waals surface area contributed by atoms with Gasteiger partial charge in [0.15, 0.2) is 11.5 Å². The van der Waals surface area contributed by atoms with E-state index in [-0.39, 0.29) is 11.9 Å². The van der Waals surface area contributed by atoms with Gasteiger partial charge in [-0.15, -0.1) is 11.3 Å². The van der Waals surface area contributed by atoms with Gasteiger partial charge in [-0.3, -0.25) is 4.79 Å². The lowest BCUT2D eigenvalue weighted by Gasteiger charge is -2.37. The van der Waals surface area contributed by atoms with Gasteiger partial charge in [-0.1, -0.05) is 22.0 Å². The Hall–Kier alpha value is -2.31. The van der Waals surface area contributed by atoms with Gasteiger partial charge in [-0.25, -0.2) is 0 Å². The first-order valence-electron chi connectivity index (χ1n) is 8.97. The normalized spacial score (nSPS) is 15.8. The average Bonchev–Trinajstić information content (AvgIpc) is 3.26. The molecule has 1 aromatic heterocycles. The van der Waals surface area contributed by atoms with E-state index in [4.69, 9.17) is 9.47 Å². The molecule has 2 heterocycles. The van der Waals surface area contributed by atoms with E-state index in [1.807, 2.05) is 52.7 Å². The molecule has 1 aliphatic rings. The molecule has 3 aromatic rings. The third-order valence-corrected chi connectivity index (χ3v) is 6.49. The Balaban J connectivity index is 1.81.